The highest BCUT2D eigenvalue weighted by molar-refractivity contribution is 7.20. The fourth-order valence-corrected chi connectivity index (χ4v) is 2.67. The molecule has 3 rings (SSSR count). The van der Waals surface area contributed by atoms with E-state index in [2.05, 4.69) is 4.98 Å². The Kier molecular flexibility index (Phi) is 2.57. The molecular formula is C14H9NO2S. The number of fused-ring (bicyclic) bond motifs is 1. The third-order valence-electron chi connectivity index (χ3n) is 2.60. The monoisotopic (exact) mass is 255 g/mol. The number of phenols is 1. The summed E-state index contributed by atoms with van der Waals surface area (Å²) in [6.45, 7) is 0. The van der Waals surface area contributed by atoms with Crippen molar-refractivity contribution in [1.82, 2.24) is 4.98 Å². The minimum Gasteiger partial charge on any atom is -0.508 e. The zero-order valence-electron chi connectivity index (χ0n) is 9.33. The van der Waals surface area contributed by atoms with Crippen molar-refractivity contribution >= 4 is 27.3 Å². The molecule has 0 atom stereocenters. The van der Waals surface area contributed by atoms with Crippen molar-refractivity contribution < 1.29 is 9.90 Å². The topological polar surface area (TPSA) is 50.2 Å². The van der Waals surface area contributed by atoms with E-state index in [1.165, 1.54) is 23.5 Å². The quantitative estimate of drug-likeness (QED) is 0.715. The number of carbonyl (C=O) groups is 1. The zero-order valence-corrected chi connectivity index (χ0v) is 10.1. The highest BCUT2D eigenvalue weighted by Crippen LogP contribution is 2.24. The molecule has 0 aliphatic rings. The van der Waals surface area contributed by atoms with Gasteiger partial charge in [0, 0.05) is 5.56 Å². The number of benzene rings is 2. The number of rotatable bonds is 2. The predicted molar refractivity (Wildman–Crippen MR) is 71.2 cm³/mol. The van der Waals surface area contributed by atoms with Crippen LogP contribution in [0.15, 0.2) is 48.5 Å². The molecule has 3 nitrogen and oxygen atoms in total. The van der Waals surface area contributed by atoms with Gasteiger partial charge >= 0.3 is 0 Å². The molecule has 1 heterocycles. The Morgan fingerprint density at radius 1 is 1.11 bits per heavy atom. The van der Waals surface area contributed by atoms with Crippen LogP contribution in [0.2, 0.25) is 0 Å². The van der Waals surface area contributed by atoms with Crippen LogP contribution in [0.4, 0.5) is 0 Å². The van der Waals surface area contributed by atoms with Gasteiger partial charge in [0.2, 0.25) is 5.78 Å². The number of aromatic hydroxyl groups is 1. The van der Waals surface area contributed by atoms with E-state index < -0.39 is 0 Å². The van der Waals surface area contributed by atoms with Gasteiger partial charge in [-0.2, -0.15) is 0 Å². The number of hydrogen-bond acceptors (Lipinski definition) is 4. The van der Waals surface area contributed by atoms with Gasteiger partial charge in [-0.1, -0.05) is 24.3 Å². The summed E-state index contributed by atoms with van der Waals surface area (Å²) in [6.07, 6.45) is 0. The Morgan fingerprint density at radius 3 is 2.72 bits per heavy atom. The summed E-state index contributed by atoms with van der Waals surface area (Å²) in [4.78, 5) is 16.5. The number of phenolic OH excluding ortho intramolecular Hbond substituents is 1. The van der Waals surface area contributed by atoms with E-state index in [4.69, 9.17) is 0 Å². The van der Waals surface area contributed by atoms with Crippen molar-refractivity contribution in [3.8, 4) is 5.75 Å². The van der Waals surface area contributed by atoms with Crippen LogP contribution in [0.5, 0.6) is 5.75 Å². The van der Waals surface area contributed by atoms with Gasteiger partial charge in [0.05, 0.1) is 10.2 Å². The average molecular weight is 255 g/mol. The van der Waals surface area contributed by atoms with Crippen LogP contribution in [0.3, 0.4) is 0 Å². The molecule has 0 aliphatic heterocycles. The number of ketones is 1. The lowest BCUT2D eigenvalue weighted by molar-refractivity contribution is 0.103. The predicted octanol–water partition coefficient (Wildman–Crippen LogP) is 3.23. The number of para-hydroxylation sites is 1. The van der Waals surface area contributed by atoms with E-state index >= 15 is 0 Å². The molecule has 0 bridgehead atoms. The van der Waals surface area contributed by atoms with Gasteiger partial charge in [0.25, 0.3) is 0 Å². The summed E-state index contributed by atoms with van der Waals surface area (Å²) in [5.41, 5.74) is 1.28. The normalized spacial score (nSPS) is 10.7. The Labute approximate surface area is 107 Å². The van der Waals surface area contributed by atoms with Crippen LogP contribution in [-0.4, -0.2) is 15.9 Å². The van der Waals surface area contributed by atoms with Crippen molar-refractivity contribution in [3.63, 3.8) is 0 Å². The molecule has 88 valence electrons. The van der Waals surface area contributed by atoms with E-state index in [1.807, 2.05) is 24.3 Å². The third-order valence-corrected chi connectivity index (χ3v) is 3.63. The molecule has 0 amide bonds. The first-order valence-electron chi connectivity index (χ1n) is 5.43. The lowest BCUT2D eigenvalue weighted by Gasteiger charge is -1.97. The molecule has 0 aliphatic carbocycles. The number of aromatic nitrogens is 1. The molecule has 0 fully saturated rings. The standard InChI is InChI=1S/C14H9NO2S/c16-10-5-3-4-9(8-10)13(17)14-15-11-6-1-2-7-12(11)18-14/h1-8,16H. The molecule has 1 N–H and O–H groups in total. The van der Waals surface area contributed by atoms with Crippen LogP contribution in [0.1, 0.15) is 15.4 Å². The number of hydrogen-bond donors (Lipinski definition) is 1. The van der Waals surface area contributed by atoms with Gasteiger partial charge in [-0.3, -0.25) is 4.79 Å². The number of nitrogens with zero attached hydrogens (tertiary/aromatic N) is 1. The molecule has 3 aromatic rings. The van der Waals surface area contributed by atoms with Crippen LogP contribution in [-0.2, 0) is 0 Å². The first-order chi connectivity index (χ1) is 8.74. The van der Waals surface area contributed by atoms with Gasteiger partial charge in [-0.25, -0.2) is 4.98 Å². The van der Waals surface area contributed by atoms with Crippen LogP contribution >= 0.6 is 11.3 Å². The summed E-state index contributed by atoms with van der Waals surface area (Å²) in [5.74, 6) is -0.0749. The molecule has 2 aromatic carbocycles. The van der Waals surface area contributed by atoms with E-state index in [0.29, 0.717) is 10.6 Å². The first kappa shape index (κ1) is 10.9. The average Bonchev–Trinajstić information content (AvgIpc) is 2.81. The van der Waals surface area contributed by atoms with Gasteiger partial charge in [0.1, 0.15) is 5.75 Å². The molecule has 0 saturated heterocycles. The largest absolute Gasteiger partial charge is 0.508 e. The molecule has 18 heavy (non-hydrogen) atoms. The van der Waals surface area contributed by atoms with E-state index in [-0.39, 0.29) is 11.5 Å². The molecule has 0 unspecified atom stereocenters. The highest BCUT2D eigenvalue weighted by Gasteiger charge is 2.14. The maximum atomic E-state index is 12.2. The second-order valence-electron chi connectivity index (χ2n) is 3.87. The Morgan fingerprint density at radius 2 is 1.94 bits per heavy atom. The van der Waals surface area contributed by atoms with Gasteiger partial charge in [-0.05, 0) is 24.3 Å². The Bertz CT molecular complexity index is 700. The van der Waals surface area contributed by atoms with Gasteiger partial charge < -0.3 is 5.11 Å². The maximum absolute atomic E-state index is 12.2. The van der Waals surface area contributed by atoms with Crippen LogP contribution < -0.4 is 0 Å². The number of thiazole rings is 1. The van der Waals surface area contributed by atoms with E-state index in [0.717, 1.165) is 10.2 Å². The third kappa shape index (κ3) is 1.87. The molecule has 0 spiro atoms. The molecule has 1 aromatic heterocycles. The number of carbonyl (C=O) groups excluding carboxylic acids is 1. The van der Waals surface area contributed by atoms with Crippen molar-refractivity contribution in [2.75, 3.05) is 0 Å². The highest BCUT2D eigenvalue weighted by atomic mass is 32.1. The van der Waals surface area contributed by atoms with Gasteiger partial charge in [0.15, 0.2) is 5.01 Å². The second kappa shape index (κ2) is 4.23. The van der Waals surface area contributed by atoms with Crippen molar-refractivity contribution in [2.45, 2.75) is 0 Å². The summed E-state index contributed by atoms with van der Waals surface area (Å²) < 4.78 is 0.987. The molecule has 0 saturated carbocycles. The molecular weight excluding hydrogens is 246 g/mol. The fraction of sp³-hybridized carbons (Fsp3) is 0. The minimum absolute atomic E-state index is 0.0851. The Hall–Kier alpha value is -2.20. The van der Waals surface area contributed by atoms with Crippen LogP contribution in [0.25, 0.3) is 10.2 Å². The van der Waals surface area contributed by atoms with Crippen LogP contribution in [0, 0.1) is 0 Å². The maximum Gasteiger partial charge on any atom is 0.221 e. The Balaban J connectivity index is 2.06. The van der Waals surface area contributed by atoms with E-state index in [1.54, 1.807) is 12.1 Å². The summed E-state index contributed by atoms with van der Waals surface area (Å²) >= 11 is 1.36. The zero-order chi connectivity index (χ0) is 12.5. The fourth-order valence-electron chi connectivity index (χ4n) is 1.74. The lowest BCUT2D eigenvalue weighted by atomic mass is 10.1. The summed E-state index contributed by atoms with van der Waals surface area (Å²) in [6, 6.07) is 13.9. The van der Waals surface area contributed by atoms with E-state index in [9.17, 15) is 9.90 Å². The smallest absolute Gasteiger partial charge is 0.221 e. The first-order valence-corrected chi connectivity index (χ1v) is 6.25. The second-order valence-corrected chi connectivity index (χ2v) is 4.90. The SMILES string of the molecule is O=C(c1cccc(O)c1)c1nc2ccccc2s1. The summed E-state index contributed by atoms with van der Waals surface area (Å²) in [7, 11) is 0. The van der Waals surface area contributed by atoms with Gasteiger partial charge in [-0.15, -0.1) is 11.3 Å². The lowest BCUT2D eigenvalue weighted by Crippen LogP contribution is -1.99. The molecule has 0 radical (unpaired) electrons. The molecule has 4 heteroatoms. The van der Waals surface area contributed by atoms with Crippen molar-refractivity contribution in [3.05, 3.63) is 59.1 Å². The summed E-state index contributed by atoms with van der Waals surface area (Å²) in [5, 5.41) is 9.83. The minimum atomic E-state index is -0.160. The van der Waals surface area contributed by atoms with Crippen molar-refractivity contribution in [2.24, 2.45) is 0 Å². The van der Waals surface area contributed by atoms with Crippen molar-refractivity contribution in [1.29, 1.82) is 0 Å².